The van der Waals surface area contributed by atoms with E-state index in [-0.39, 0.29) is 0 Å². The number of nitriles is 1. The van der Waals surface area contributed by atoms with E-state index in [1.54, 1.807) is 6.92 Å². The van der Waals surface area contributed by atoms with Crippen LogP contribution in [0.5, 0.6) is 0 Å². The molecule has 1 aromatic rings. The lowest BCUT2D eigenvalue weighted by molar-refractivity contribution is 0.199. The van der Waals surface area contributed by atoms with Gasteiger partial charge in [0, 0.05) is 18.8 Å². The highest BCUT2D eigenvalue weighted by atomic mass is 16.3. The smallest absolute Gasteiger partial charge is 0.0761 e. The molecule has 0 bridgehead atoms. The Balaban J connectivity index is 2.81. The van der Waals surface area contributed by atoms with Crippen LogP contribution >= 0.6 is 0 Å². The third-order valence-electron chi connectivity index (χ3n) is 2.82. The topological polar surface area (TPSA) is 47.3 Å². The van der Waals surface area contributed by atoms with Gasteiger partial charge in [-0.3, -0.25) is 0 Å². The molecule has 1 rings (SSSR count). The predicted molar refractivity (Wildman–Crippen MR) is 74.4 cm³/mol. The summed E-state index contributed by atoms with van der Waals surface area (Å²) in [6, 6.07) is 10.1. The third kappa shape index (κ3) is 4.38. The van der Waals surface area contributed by atoms with Gasteiger partial charge in [-0.05, 0) is 30.5 Å². The monoisotopic (exact) mass is 246 g/mol. The summed E-state index contributed by atoms with van der Waals surface area (Å²) >= 11 is 0. The molecule has 18 heavy (non-hydrogen) atoms. The fourth-order valence-electron chi connectivity index (χ4n) is 1.92. The summed E-state index contributed by atoms with van der Waals surface area (Å²) in [4.78, 5) is 2.22. The van der Waals surface area contributed by atoms with Gasteiger partial charge in [0.2, 0.25) is 0 Å². The van der Waals surface area contributed by atoms with Crippen molar-refractivity contribution in [1.29, 1.82) is 5.26 Å². The molecule has 0 aromatic heterocycles. The Hall–Kier alpha value is -1.53. The maximum atomic E-state index is 9.48. The minimum atomic E-state index is -0.434. The highest BCUT2D eigenvalue weighted by Crippen LogP contribution is 2.20. The molecule has 0 saturated carbocycles. The van der Waals surface area contributed by atoms with Crippen molar-refractivity contribution in [2.24, 2.45) is 5.92 Å². The van der Waals surface area contributed by atoms with Crippen LogP contribution in [0.15, 0.2) is 24.3 Å². The summed E-state index contributed by atoms with van der Waals surface area (Å²) in [5.74, 6) is 0.556. The number of nitrogens with zero attached hydrogens (tertiary/aromatic N) is 2. The van der Waals surface area contributed by atoms with Crippen molar-refractivity contribution in [3.8, 4) is 6.07 Å². The van der Waals surface area contributed by atoms with Gasteiger partial charge in [-0.1, -0.05) is 26.0 Å². The lowest BCUT2D eigenvalue weighted by atomic mass is 10.1. The average Bonchev–Trinajstić information content (AvgIpc) is 2.34. The second kappa shape index (κ2) is 7.03. The van der Waals surface area contributed by atoms with Crippen LogP contribution in [0.25, 0.3) is 0 Å². The highest BCUT2D eigenvalue weighted by Gasteiger charge is 2.09. The Morgan fingerprint density at radius 1 is 1.22 bits per heavy atom. The Labute approximate surface area is 110 Å². The molecule has 1 aromatic carbocycles. The predicted octanol–water partition coefficient (Wildman–Crippen LogP) is 3.12. The van der Waals surface area contributed by atoms with Crippen molar-refractivity contribution in [2.45, 2.75) is 33.3 Å². The van der Waals surface area contributed by atoms with Crippen LogP contribution in [0.2, 0.25) is 0 Å². The van der Waals surface area contributed by atoms with Crippen LogP contribution in [0.3, 0.4) is 0 Å². The van der Waals surface area contributed by atoms with E-state index in [4.69, 9.17) is 5.26 Å². The number of rotatable bonds is 6. The van der Waals surface area contributed by atoms with Crippen LogP contribution in [0.4, 0.5) is 5.69 Å². The molecular weight excluding hydrogens is 224 g/mol. The summed E-state index contributed by atoms with van der Waals surface area (Å²) in [6.45, 7) is 7.79. The van der Waals surface area contributed by atoms with Crippen molar-refractivity contribution >= 4 is 5.69 Å². The molecule has 0 heterocycles. The molecule has 0 aliphatic carbocycles. The summed E-state index contributed by atoms with van der Waals surface area (Å²) in [7, 11) is 0. The van der Waals surface area contributed by atoms with Gasteiger partial charge in [0.25, 0.3) is 0 Å². The van der Waals surface area contributed by atoms with Crippen LogP contribution in [0.1, 0.15) is 38.9 Å². The molecule has 0 fully saturated rings. The first-order valence-electron chi connectivity index (χ1n) is 6.44. The molecule has 1 N–H and O–H groups in total. The largest absolute Gasteiger partial charge is 0.389 e. The van der Waals surface area contributed by atoms with Gasteiger partial charge in [0.05, 0.1) is 18.6 Å². The summed E-state index contributed by atoms with van der Waals surface area (Å²) in [6.07, 6.45) is 0.0990. The van der Waals surface area contributed by atoms with Crippen LogP contribution in [-0.4, -0.2) is 18.2 Å². The van der Waals surface area contributed by atoms with Crippen LogP contribution in [-0.2, 0) is 0 Å². The number of anilines is 1. The Bertz CT molecular complexity index is 390. The zero-order chi connectivity index (χ0) is 13.5. The molecule has 3 nitrogen and oxygen atoms in total. The van der Waals surface area contributed by atoms with Gasteiger partial charge < -0.3 is 10.0 Å². The molecule has 0 aliphatic rings. The molecule has 1 unspecified atom stereocenters. The molecule has 0 amide bonds. The van der Waals surface area contributed by atoms with E-state index in [9.17, 15) is 5.11 Å². The summed E-state index contributed by atoms with van der Waals surface area (Å²) in [5, 5.41) is 18.2. The molecule has 0 spiro atoms. The van der Waals surface area contributed by atoms with Gasteiger partial charge >= 0.3 is 0 Å². The van der Waals surface area contributed by atoms with Crippen molar-refractivity contribution in [3.63, 3.8) is 0 Å². The van der Waals surface area contributed by atoms with E-state index in [1.165, 1.54) is 0 Å². The maximum absolute atomic E-state index is 9.48. The summed E-state index contributed by atoms with van der Waals surface area (Å²) < 4.78 is 0. The number of hydrogen-bond donors (Lipinski definition) is 1. The standard InChI is InChI=1S/C15H22N2O/c1-12(2)11-17(10-4-9-16)15-7-5-14(6-8-15)13(3)18/h5-8,12-13,18H,4,10-11H2,1-3H3. The van der Waals surface area contributed by atoms with Crippen LogP contribution in [0, 0.1) is 17.2 Å². The third-order valence-corrected chi connectivity index (χ3v) is 2.82. The van der Waals surface area contributed by atoms with E-state index >= 15 is 0 Å². The van der Waals surface area contributed by atoms with Gasteiger partial charge in [-0.2, -0.15) is 5.26 Å². The Morgan fingerprint density at radius 2 is 1.83 bits per heavy atom. The second-order valence-corrected chi connectivity index (χ2v) is 5.02. The molecule has 0 radical (unpaired) electrons. The zero-order valence-electron chi connectivity index (χ0n) is 11.4. The van der Waals surface area contributed by atoms with E-state index in [0.717, 1.165) is 24.3 Å². The molecule has 0 aliphatic heterocycles. The molecule has 1 atom stereocenters. The number of benzene rings is 1. The second-order valence-electron chi connectivity index (χ2n) is 5.02. The minimum Gasteiger partial charge on any atom is -0.389 e. The maximum Gasteiger partial charge on any atom is 0.0761 e. The molecular formula is C15H22N2O. The van der Waals surface area contributed by atoms with E-state index in [1.807, 2.05) is 24.3 Å². The quantitative estimate of drug-likeness (QED) is 0.839. The molecule has 0 saturated heterocycles. The minimum absolute atomic E-state index is 0.434. The van der Waals surface area contributed by atoms with Crippen molar-refractivity contribution < 1.29 is 5.11 Å². The Kier molecular flexibility index (Phi) is 5.67. The normalized spacial score (nSPS) is 12.2. The lowest BCUT2D eigenvalue weighted by Gasteiger charge is -2.26. The van der Waals surface area contributed by atoms with Crippen molar-refractivity contribution in [2.75, 3.05) is 18.0 Å². The van der Waals surface area contributed by atoms with Gasteiger partial charge in [0.15, 0.2) is 0 Å². The van der Waals surface area contributed by atoms with Gasteiger partial charge in [-0.25, -0.2) is 0 Å². The highest BCUT2D eigenvalue weighted by molar-refractivity contribution is 5.48. The number of aliphatic hydroxyl groups is 1. The SMILES string of the molecule is CC(C)CN(CCC#N)c1ccc(C(C)O)cc1. The lowest BCUT2D eigenvalue weighted by Crippen LogP contribution is -2.28. The zero-order valence-corrected chi connectivity index (χ0v) is 11.4. The molecule has 98 valence electrons. The number of hydrogen-bond acceptors (Lipinski definition) is 3. The van der Waals surface area contributed by atoms with Crippen molar-refractivity contribution in [1.82, 2.24) is 0 Å². The number of aliphatic hydroxyl groups excluding tert-OH is 1. The van der Waals surface area contributed by atoms with E-state index in [0.29, 0.717) is 12.3 Å². The first kappa shape index (κ1) is 14.5. The van der Waals surface area contributed by atoms with E-state index in [2.05, 4.69) is 24.8 Å². The van der Waals surface area contributed by atoms with E-state index < -0.39 is 6.10 Å². The first-order chi connectivity index (χ1) is 8.54. The Morgan fingerprint density at radius 3 is 2.28 bits per heavy atom. The first-order valence-corrected chi connectivity index (χ1v) is 6.44. The fraction of sp³-hybridized carbons (Fsp3) is 0.533. The van der Waals surface area contributed by atoms with Crippen molar-refractivity contribution in [3.05, 3.63) is 29.8 Å². The van der Waals surface area contributed by atoms with Gasteiger partial charge in [0.1, 0.15) is 0 Å². The fourth-order valence-corrected chi connectivity index (χ4v) is 1.92. The summed E-state index contributed by atoms with van der Waals surface area (Å²) in [5.41, 5.74) is 2.03. The average molecular weight is 246 g/mol. The van der Waals surface area contributed by atoms with Crippen LogP contribution < -0.4 is 4.90 Å². The molecule has 3 heteroatoms. The van der Waals surface area contributed by atoms with Gasteiger partial charge in [-0.15, -0.1) is 0 Å².